The number of aliphatic hydroxyl groups excluding tert-OH is 2. The Morgan fingerprint density at radius 2 is 1.81 bits per heavy atom. The molecule has 0 spiro atoms. The lowest BCUT2D eigenvalue weighted by Crippen LogP contribution is -2.56. The molecule has 1 heterocycles. The summed E-state index contributed by atoms with van der Waals surface area (Å²) in [5, 5.41) is 19.6. The molecule has 0 aliphatic carbocycles. The minimum absolute atomic E-state index is 0.0990. The van der Waals surface area contributed by atoms with Crippen molar-refractivity contribution in [3.8, 4) is 0 Å². The second kappa shape index (κ2) is 6.00. The van der Waals surface area contributed by atoms with Gasteiger partial charge in [0.15, 0.2) is 0 Å². The highest BCUT2D eigenvalue weighted by Crippen LogP contribution is 2.27. The van der Waals surface area contributed by atoms with Crippen LogP contribution < -0.4 is 0 Å². The number of rotatable bonds is 3. The van der Waals surface area contributed by atoms with Crippen LogP contribution in [-0.2, 0) is 10.0 Å². The Labute approximate surface area is 124 Å². The van der Waals surface area contributed by atoms with Gasteiger partial charge in [-0.2, -0.15) is 4.31 Å². The molecule has 0 bridgehead atoms. The van der Waals surface area contributed by atoms with Crippen molar-refractivity contribution in [2.45, 2.75) is 37.1 Å². The minimum Gasteiger partial charge on any atom is -0.390 e. The quantitative estimate of drug-likeness (QED) is 0.860. The number of hydrogen-bond acceptors (Lipinski definition) is 4. The second-order valence-corrected chi connectivity index (χ2v) is 7.47. The first-order valence-corrected chi connectivity index (χ1v) is 8.24. The van der Waals surface area contributed by atoms with Gasteiger partial charge in [0, 0.05) is 19.0 Å². The zero-order valence-corrected chi connectivity index (χ0v) is 12.8. The van der Waals surface area contributed by atoms with E-state index >= 15 is 0 Å². The average Bonchev–Trinajstić information content (AvgIpc) is 2.41. The third kappa shape index (κ3) is 3.26. The molecule has 1 aliphatic rings. The summed E-state index contributed by atoms with van der Waals surface area (Å²) in [5.74, 6) is -0.936. The van der Waals surface area contributed by atoms with Gasteiger partial charge in [-0.25, -0.2) is 12.8 Å². The van der Waals surface area contributed by atoms with E-state index < -0.39 is 34.3 Å². The van der Waals surface area contributed by atoms with Gasteiger partial charge in [0.2, 0.25) is 10.0 Å². The van der Waals surface area contributed by atoms with Crippen LogP contribution in [0.5, 0.6) is 0 Å². The Morgan fingerprint density at radius 1 is 1.24 bits per heavy atom. The smallest absolute Gasteiger partial charge is 0.243 e. The summed E-state index contributed by atoms with van der Waals surface area (Å²) in [5.41, 5.74) is 0.929. The molecule has 1 aromatic carbocycles. The Morgan fingerprint density at radius 3 is 2.33 bits per heavy atom. The van der Waals surface area contributed by atoms with Crippen LogP contribution in [0.1, 0.15) is 12.5 Å². The summed E-state index contributed by atoms with van der Waals surface area (Å²) in [4.78, 5) is 0.0990. The normalized spacial score (nSPS) is 29.3. The van der Waals surface area contributed by atoms with E-state index in [1.807, 2.05) is 6.92 Å². The van der Waals surface area contributed by atoms with Gasteiger partial charge in [0.1, 0.15) is 6.17 Å². The second-order valence-electron chi connectivity index (χ2n) is 5.53. The predicted octanol–water partition coefficient (Wildman–Crippen LogP) is 0.695. The fraction of sp³-hybridized carbons (Fsp3) is 0.571. The largest absolute Gasteiger partial charge is 0.390 e. The number of piperidine rings is 1. The van der Waals surface area contributed by atoms with Gasteiger partial charge in [-0.3, -0.25) is 0 Å². The van der Waals surface area contributed by atoms with Gasteiger partial charge < -0.3 is 10.2 Å². The number of halogens is 1. The third-order valence-electron chi connectivity index (χ3n) is 3.89. The number of aryl methyl sites for hydroxylation is 1. The van der Waals surface area contributed by atoms with Crippen LogP contribution in [0.2, 0.25) is 0 Å². The molecule has 0 saturated carbocycles. The highest BCUT2D eigenvalue weighted by Gasteiger charge is 2.42. The summed E-state index contributed by atoms with van der Waals surface area (Å²) in [7, 11) is -3.81. The number of benzene rings is 1. The van der Waals surface area contributed by atoms with Crippen LogP contribution in [0.15, 0.2) is 29.2 Å². The number of hydrogen-bond donors (Lipinski definition) is 2. The standard InChI is InChI=1S/C14H20FNO4S/c1-9-3-5-11(6-4-9)21(19,20)16-7-12(10(2)15)14(18)13(17)8-16/h3-6,10,12-14,17-18H,7-8H2,1-2H3. The minimum atomic E-state index is -3.81. The molecule has 21 heavy (non-hydrogen) atoms. The molecule has 2 N–H and O–H groups in total. The van der Waals surface area contributed by atoms with E-state index in [1.54, 1.807) is 12.1 Å². The van der Waals surface area contributed by atoms with Crippen LogP contribution >= 0.6 is 0 Å². The van der Waals surface area contributed by atoms with E-state index in [1.165, 1.54) is 19.1 Å². The van der Waals surface area contributed by atoms with Crippen LogP contribution in [0.25, 0.3) is 0 Å². The molecule has 4 unspecified atom stereocenters. The molecular formula is C14H20FNO4S. The van der Waals surface area contributed by atoms with E-state index in [2.05, 4.69) is 0 Å². The number of sulfonamides is 1. The van der Waals surface area contributed by atoms with Gasteiger partial charge in [0.25, 0.3) is 0 Å². The molecule has 0 radical (unpaired) electrons. The maximum Gasteiger partial charge on any atom is 0.243 e. The molecule has 1 aromatic rings. The fourth-order valence-electron chi connectivity index (χ4n) is 2.49. The van der Waals surface area contributed by atoms with E-state index in [9.17, 15) is 23.0 Å². The molecule has 4 atom stereocenters. The van der Waals surface area contributed by atoms with Crippen LogP contribution in [0, 0.1) is 12.8 Å². The van der Waals surface area contributed by atoms with Gasteiger partial charge in [-0.05, 0) is 26.0 Å². The summed E-state index contributed by atoms with van der Waals surface area (Å²) in [6.07, 6.45) is -3.96. The van der Waals surface area contributed by atoms with Gasteiger partial charge in [0.05, 0.1) is 17.1 Å². The monoisotopic (exact) mass is 317 g/mol. The molecule has 1 saturated heterocycles. The van der Waals surface area contributed by atoms with Crippen LogP contribution in [0.3, 0.4) is 0 Å². The molecular weight excluding hydrogens is 297 g/mol. The molecule has 2 rings (SSSR count). The SMILES string of the molecule is Cc1ccc(S(=O)(=O)N2CC(O)C(O)C(C(C)F)C2)cc1. The predicted molar refractivity (Wildman–Crippen MR) is 76.0 cm³/mol. The van der Waals surface area contributed by atoms with Gasteiger partial charge in [-0.15, -0.1) is 0 Å². The molecule has 118 valence electrons. The van der Waals surface area contributed by atoms with Crippen LogP contribution in [0.4, 0.5) is 4.39 Å². The van der Waals surface area contributed by atoms with Crippen molar-refractivity contribution >= 4 is 10.0 Å². The first-order valence-electron chi connectivity index (χ1n) is 6.80. The highest BCUT2D eigenvalue weighted by atomic mass is 32.2. The third-order valence-corrected chi connectivity index (χ3v) is 5.73. The Kier molecular flexibility index (Phi) is 4.67. The molecule has 0 amide bonds. The lowest BCUT2D eigenvalue weighted by molar-refractivity contribution is -0.0737. The molecule has 5 nitrogen and oxygen atoms in total. The summed E-state index contributed by atoms with van der Waals surface area (Å²) < 4.78 is 39.6. The number of alkyl halides is 1. The van der Waals surface area contributed by atoms with Crippen molar-refractivity contribution in [1.82, 2.24) is 4.31 Å². The lowest BCUT2D eigenvalue weighted by atomic mass is 9.90. The zero-order valence-electron chi connectivity index (χ0n) is 12.0. The van der Waals surface area contributed by atoms with Crippen molar-refractivity contribution in [2.24, 2.45) is 5.92 Å². The molecule has 1 fully saturated rings. The maximum absolute atomic E-state index is 13.5. The van der Waals surface area contributed by atoms with E-state index in [4.69, 9.17) is 0 Å². The van der Waals surface area contributed by atoms with Crippen molar-refractivity contribution < 1.29 is 23.0 Å². The number of β-amino-alcohol motifs (C(OH)–C–C–N with tert-alkyl or cyclic N) is 1. The number of aliphatic hydroxyl groups is 2. The molecule has 1 aliphatic heterocycles. The summed E-state index contributed by atoms with van der Waals surface area (Å²) in [6.45, 7) is 2.72. The van der Waals surface area contributed by atoms with Crippen molar-refractivity contribution in [3.63, 3.8) is 0 Å². The summed E-state index contributed by atoms with van der Waals surface area (Å²) >= 11 is 0. The van der Waals surface area contributed by atoms with Crippen molar-refractivity contribution in [3.05, 3.63) is 29.8 Å². The first-order chi connectivity index (χ1) is 9.73. The van der Waals surface area contributed by atoms with E-state index in [0.717, 1.165) is 9.87 Å². The van der Waals surface area contributed by atoms with Gasteiger partial charge >= 0.3 is 0 Å². The Bertz CT molecular complexity index is 587. The average molecular weight is 317 g/mol. The topological polar surface area (TPSA) is 77.8 Å². The Balaban J connectivity index is 2.30. The summed E-state index contributed by atoms with van der Waals surface area (Å²) in [6, 6.07) is 6.32. The fourth-order valence-corrected chi connectivity index (χ4v) is 3.99. The van der Waals surface area contributed by atoms with Crippen molar-refractivity contribution in [1.29, 1.82) is 0 Å². The van der Waals surface area contributed by atoms with E-state index in [-0.39, 0.29) is 18.0 Å². The lowest BCUT2D eigenvalue weighted by Gasteiger charge is -2.39. The molecule has 0 aromatic heterocycles. The number of nitrogens with zero attached hydrogens (tertiary/aromatic N) is 1. The van der Waals surface area contributed by atoms with Crippen molar-refractivity contribution in [2.75, 3.05) is 13.1 Å². The van der Waals surface area contributed by atoms with E-state index in [0.29, 0.717) is 0 Å². The maximum atomic E-state index is 13.5. The van der Waals surface area contributed by atoms with Gasteiger partial charge in [-0.1, -0.05) is 17.7 Å². The van der Waals surface area contributed by atoms with Crippen LogP contribution in [-0.4, -0.2) is 54.4 Å². The molecule has 7 heteroatoms. The first kappa shape index (κ1) is 16.4. The zero-order chi connectivity index (χ0) is 15.8. The highest BCUT2D eigenvalue weighted by molar-refractivity contribution is 7.89. The Hall–Kier alpha value is -1.02.